The number of benzene rings is 2. The number of nitrogens with one attached hydrogen (secondary N) is 1. The molecule has 1 aliphatic carbocycles. The maximum Gasteiger partial charge on any atom is 0.244 e. The maximum atomic E-state index is 13.5. The van der Waals surface area contributed by atoms with Gasteiger partial charge in [0, 0.05) is 22.6 Å². The third kappa shape index (κ3) is 7.85. The predicted octanol–water partition coefficient (Wildman–Crippen LogP) is 4.28. The normalized spacial score (nSPS) is 15.0. The van der Waals surface area contributed by atoms with Crippen molar-refractivity contribution in [3.8, 4) is 0 Å². The Morgan fingerprint density at radius 1 is 1.06 bits per heavy atom. The van der Waals surface area contributed by atoms with Crippen molar-refractivity contribution in [2.24, 2.45) is 0 Å². The fourth-order valence-electron chi connectivity index (χ4n) is 4.26. The minimum Gasteiger partial charge on any atom is -0.352 e. The van der Waals surface area contributed by atoms with Crippen molar-refractivity contribution in [2.45, 2.75) is 51.1 Å². The number of hydrogen-bond donors (Lipinski definition) is 1. The van der Waals surface area contributed by atoms with E-state index in [0.717, 1.165) is 41.8 Å². The van der Waals surface area contributed by atoms with E-state index < -0.39 is 28.5 Å². The summed E-state index contributed by atoms with van der Waals surface area (Å²) in [5, 5.41) is 3.54. The van der Waals surface area contributed by atoms with Gasteiger partial charge >= 0.3 is 0 Å². The van der Waals surface area contributed by atoms with E-state index in [9.17, 15) is 18.0 Å². The van der Waals surface area contributed by atoms with Gasteiger partial charge in [0.05, 0.1) is 11.9 Å². The van der Waals surface area contributed by atoms with Gasteiger partial charge in [-0.15, -0.1) is 0 Å². The number of carbonyl (C=O) groups excluding carboxylic acids is 2. The van der Waals surface area contributed by atoms with Crippen LogP contribution in [0.5, 0.6) is 0 Å². The van der Waals surface area contributed by atoms with Crippen molar-refractivity contribution < 1.29 is 18.0 Å². The predicted molar refractivity (Wildman–Crippen MR) is 140 cm³/mol. The Hall–Kier alpha value is -2.29. The molecule has 1 aliphatic rings. The van der Waals surface area contributed by atoms with Crippen molar-refractivity contribution in [1.82, 2.24) is 10.2 Å². The van der Waals surface area contributed by atoms with Crippen molar-refractivity contribution >= 4 is 50.7 Å². The molecule has 0 heterocycles. The molecule has 10 heteroatoms. The van der Waals surface area contributed by atoms with E-state index in [4.69, 9.17) is 23.2 Å². The summed E-state index contributed by atoms with van der Waals surface area (Å²) in [4.78, 5) is 28.0. The third-order valence-electron chi connectivity index (χ3n) is 6.17. The number of halogens is 2. The molecular formula is C25H31Cl2N3O4S. The zero-order valence-electron chi connectivity index (χ0n) is 19.9. The largest absolute Gasteiger partial charge is 0.352 e. The molecule has 1 N–H and O–H groups in total. The zero-order chi connectivity index (χ0) is 25.6. The molecular weight excluding hydrogens is 509 g/mol. The SMILES string of the molecule is CC(C(=O)NC1CCCC1)N(CCc1ccccc1)C(=O)CN(c1cc(Cl)cc(Cl)c1)S(C)(=O)=O. The van der Waals surface area contributed by atoms with Crippen LogP contribution in [0.4, 0.5) is 5.69 Å². The standard InChI is InChI=1S/C25H31Cl2N3O4S/c1-18(25(32)28-22-10-6-7-11-22)29(13-12-19-8-4-3-5-9-19)24(31)17-30(35(2,33)34)23-15-20(26)14-21(27)16-23/h3-5,8-9,14-16,18,22H,6-7,10-13,17H2,1-2H3,(H,28,32). The number of rotatable bonds is 10. The summed E-state index contributed by atoms with van der Waals surface area (Å²) in [5.74, 6) is -0.730. The molecule has 190 valence electrons. The second kappa shape index (κ2) is 12.1. The van der Waals surface area contributed by atoms with E-state index in [1.807, 2.05) is 30.3 Å². The van der Waals surface area contributed by atoms with Gasteiger partial charge in [-0.25, -0.2) is 8.42 Å². The Morgan fingerprint density at radius 3 is 2.23 bits per heavy atom. The third-order valence-corrected chi connectivity index (χ3v) is 7.74. The first-order valence-electron chi connectivity index (χ1n) is 11.6. The second-order valence-electron chi connectivity index (χ2n) is 8.89. The van der Waals surface area contributed by atoms with Crippen LogP contribution in [0.1, 0.15) is 38.2 Å². The molecule has 0 bridgehead atoms. The van der Waals surface area contributed by atoms with Crippen LogP contribution in [0.25, 0.3) is 0 Å². The quantitative estimate of drug-likeness (QED) is 0.488. The van der Waals surface area contributed by atoms with Gasteiger partial charge in [-0.05, 0) is 49.9 Å². The molecule has 0 radical (unpaired) electrons. The molecule has 0 aliphatic heterocycles. The zero-order valence-corrected chi connectivity index (χ0v) is 22.2. The molecule has 3 rings (SSSR count). The van der Waals surface area contributed by atoms with E-state index in [2.05, 4.69) is 5.32 Å². The van der Waals surface area contributed by atoms with Gasteiger partial charge in [-0.3, -0.25) is 13.9 Å². The second-order valence-corrected chi connectivity index (χ2v) is 11.7. The maximum absolute atomic E-state index is 13.5. The summed E-state index contributed by atoms with van der Waals surface area (Å²) in [5.41, 5.74) is 1.19. The minimum absolute atomic E-state index is 0.108. The lowest BCUT2D eigenvalue weighted by Gasteiger charge is -2.32. The van der Waals surface area contributed by atoms with Crippen LogP contribution in [0, 0.1) is 0 Å². The van der Waals surface area contributed by atoms with Gasteiger partial charge in [0.1, 0.15) is 12.6 Å². The van der Waals surface area contributed by atoms with Gasteiger partial charge in [0.2, 0.25) is 21.8 Å². The fourth-order valence-corrected chi connectivity index (χ4v) is 5.61. The number of anilines is 1. The number of nitrogens with zero attached hydrogens (tertiary/aromatic N) is 2. The Morgan fingerprint density at radius 2 is 1.66 bits per heavy atom. The van der Waals surface area contributed by atoms with Crippen molar-refractivity contribution in [1.29, 1.82) is 0 Å². The van der Waals surface area contributed by atoms with Crippen LogP contribution in [-0.4, -0.2) is 56.6 Å². The summed E-state index contributed by atoms with van der Waals surface area (Å²) < 4.78 is 26.2. The monoisotopic (exact) mass is 539 g/mol. The Kier molecular flexibility index (Phi) is 9.44. The van der Waals surface area contributed by atoms with E-state index >= 15 is 0 Å². The summed E-state index contributed by atoms with van der Waals surface area (Å²) in [6.45, 7) is 1.45. The minimum atomic E-state index is -3.84. The highest BCUT2D eigenvalue weighted by molar-refractivity contribution is 7.92. The molecule has 1 atom stereocenters. The molecule has 1 saturated carbocycles. The van der Waals surface area contributed by atoms with Gasteiger partial charge in [0.25, 0.3) is 0 Å². The molecule has 0 saturated heterocycles. The highest BCUT2D eigenvalue weighted by atomic mass is 35.5. The van der Waals surface area contributed by atoms with E-state index in [1.165, 1.54) is 23.1 Å². The lowest BCUT2D eigenvalue weighted by Crippen LogP contribution is -2.53. The number of amides is 2. The number of sulfonamides is 1. The lowest BCUT2D eigenvalue weighted by molar-refractivity contribution is -0.139. The first-order chi connectivity index (χ1) is 16.5. The average Bonchev–Trinajstić information content (AvgIpc) is 3.29. The highest BCUT2D eigenvalue weighted by Gasteiger charge is 2.31. The van der Waals surface area contributed by atoms with Crippen molar-refractivity contribution in [2.75, 3.05) is 23.7 Å². The number of hydrogen-bond acceptors (Lipinski definition) is 4. The van der Waals surface area contributed by atoms with Crippen LogP contribution in [0.2, 0.25) is 10.0 Å². The summed E-state index contributed by atoms with van der Waals surface area (Å²) in [6, 6.07) is 13.3. The molecule has 2 aromatic rings. The first kappa shape index (κ1) is 27.3. The average molecular weight is 541 g/mol. The smallest absolute Gasteiger partial charge is 0.244 e. The first-order valence-corrected chi connectivity index (χ1v) is 14.2. The fraction of sp³-hybridized carbons (Fsp3) is 0.440. The lowest BCUT2D eigenvalue weighted by atomic mass is 10.1. The van der Waals surface area contributed by atoms with Crippen LogP contribution >= 0.6 is 23.2 Å². The molecule has 2 aromatic carbocycles. The van der Waals surface area contributed by atoms with Gasteiger partial charge in [0.15, 0.2) is 0 Å². The Bertz CT molecular complexity index is 1120. The van der Waals surface area contributed by atoms with Crippen LogP contribution in [0.15, 0.2) is 48.5 Å². The summed E-state index contributed by atoms with van der Waals surface area (Å²) >= 11 is 12.2. The highest BCUT2D eigenvalue weighted by Crippen LogP contribution is 2.27. The molecule has 1 fully saturated rings. The summed E-state index contributed by atoms with van der Waals surface area (Å²) in [6.07, 6.45) is 5.53. The van der Waals surface area contributed by atoms with Crippen LogP contribution < -0.4 is 9.62 Å². The van der Waals surface area contributed by atoms with Gasteiger partial charge < -0.3 is 10.2 Å². The molecule has 7 nitrogen and oxygen atoms in total. The Balaban J connectivity index is 1.84. The van der Waals surface area contributed by atoms with Crippen LogP contribution in [0.3, 0.4) is 0 Å². The van der Waals surface area contributed by atoms with E-state index in [-0.39, 0.29) is 34.2 Å². The van der Waals surface area contributed by atoms with E-state index in [1.54, 1.807) is 6.92 Å². The molecule has 0 aromatic heterocycles. The molecule has 2 amide bonds. The van der Waals surface area contributed by atoms with Crippen LogP contribution in [-0.2, 0) is 26.0 Å². The van der Waals surface area contributed by atoms with Crippen molar-refractivity contribution in [3.63, 3.8) is 0 Å². The number of carbonyl (C=O) groups is 2. The Labute approximate surface area is 217 Å². The summed E-state index contributed by atoms with van der Waals surface area (Å²) in [7, 11) is -3.84. The van der Waals surface area contributed by atoms with E-state index in [0.29, 0.717) is 6.42 Å². The molecule has 35 heavy (non-hydrogen) atoms. The molecule has 1 unspecified atom stereocenters. The van der Waals surface area contributed by atoms with Crippen molar-refractivity contribution in [3.05, 3.63) is 64.1 Å². The van der Waals surface area contributed by atoms with Gasteiger partial charge in [-0.1, -0.05) is 66.4 Å². The molecule has 0 spiro atoms. The topological polar surface area (TPSA) is 86.8 Å². The van der Waals surface area contributed by atoms with Gasteiger partial charge in [-0.2, -0.15) is 0 Å².